The lowest BCUT2D eigenvalue weighted by Crippen LogP contribution is -2.26. The van der Waals surface area contributed by atoms with Crippen molar-refractivity contribution in [2.75, 3.05) is 6.54 Å². The van der Waals surface area contributed by atoms with E-state index in [0.717, 1.165) is 28.2 Å². The summed E-state index contributed by atoms with van der Waals surface area (Å²) in [6.07, 6.45) is 3.76. The van der Waals surface area contributed by atoms with Gasteiger partial charge in [-0.05, 0) is 44.0 Å². The van der Waals surface area contributed by atoms with Gasteiger partial charge >= 0.3 is 0 Å². The maximum atomic E-state index is 6.53. The zero-order valence-electron chi connectivity index (χ0n) is 10.0. The number of aromatic nitrogens is 1. The van der Waals surface area contributed by atoms with Gasteiger partial charge in [-0.2, -0.15) is 0 Å². The fraction of sp³-hybridized carbons (Fsp3) is 0.429. The molecule has 0 bridgehead atoms. The summed E-state index contributed by atoms with van der Waals surface area (Å²) in [5.41, 5.74) is 3.54. The van der Waals surface area contributed by atoms with Crippen molar-refractivity contribution >= 4 is 22.5 Å². The third-order valence-corrected chi connectivity index (χ3v) is 4.01. The molecule has 0 amide bonds. The maximum absolute atomic E-state index is 6.53. The third-order valence-electron chi connectivity index (χ3n) is 3.59. The Morgan fingerprint density at radius 2 is 2.18 bits per heavy atom. The van der Waals surface area contributed by atoms with Gasteiger partial charge in [0.15, 0.2) is 0 Å². The van der Waals surface area contributed by atoms with E-state index >= 15 is 0 Å². The lowest BCUT2D eigenvalue weighted by atomic mass is 9.96. The Balaban J connectivity index is 2.06. The van der Waals surface area contributed by atoms with Crippen LogP contribution in [0.5, 0.6) is 0 Å². The highest BCUT2D eigenvalue weighted by Gasteiger charge is 2.18. The lowest BCUT2D eigenvalue weighted by molar-refractivity contribution is 0.412. The summed E-state index contributed by atoms with van der Waals surface area (Å²) in [6.45, 7) is 3.17. The summed E-state index contributed by atoms with van der Waals surface area (Å²) >= 11 is 6.53. The normalized spacial score (nSPS) is 20.9. The summed E-state index contributed by atoms with van der Waals surface area (Å²) in [4.78, 5) is 3.32. The first-order valence-electron chi connectivity index (χ1n) is 6.27. The summed E-state index contributed by atoms with van der Waals surface area (Å²) in [5, 5.41) is 5.61. The highest BCUT2D eigenvalue weighted by Crippen LogP contribution is 2.34. The van der Waals surface area contributed by atoms with Crippen LogP contribution in [0.2, 0.25) is 5.02 Å². The Labute approximate surface area is 106 Å². The molecular weight excluding hydrogens is 232 g/mol. The van der Waals surface area contributed by atoms with E-state index in [4.69, 9.17) is 11.6 Å². The van der Waals surface area contributed by atoms with Crippen LogP contribution < -0.4 is 5.32 Å². The van der Waals surface area contributed by atoms with E-state index in [9.17, 15) is 0 Å². The molecule has 1 aromatic carbocycles. The topological polar surface area (TPSA) is 27.8 Å². The molecule has 3 heteroatoms. The van der Waals surface area contributed by atoms with Crippen LogP contribution in [0.3, 0.4) is 0 Å². The first-order valence-corrected chi connectivity index (χ1v) is 6.64. The van der Waals surface area contributed by atoms with Crippen LogP contribution in [0.1, 0.15) is 36.6 Å². The van der Waals surface area contributed by atoms with Crippen molar-refractivity contribution in [2.45, 2.75) is 32.2 Å². The Kier molecular flexibility index (Phi) is 2.85. The number of fused-ring (bicyclic) bond motifs is 1. The first kappa shape index (κ1) is 11.1. The number of halogens is 1. The molecule has 1 aliphatic rings. The van der Waals surface area contributed by atoms with Crippen LogP contribution in [-0.2, 0) is 0 Å². The highest BCUT2D eigenvalue weighted by molar-refractivity contribution is 6.36. The molecule has 2 N–H and O–H groups in total. The van der Waals surface area contributed by atoms with Crippen molar-refractivity contribution in [3.8, 4) is 0 Å². The molecular formula is C14H17ClN2. The van der Waals surface area contributed by atoms with Crippen LogP contribution >= 0.6 is 11.6 Å². The van der Waals surface area contributed by atoms with Gasteiger partial charge in [0.05, 0.1) is 5.02 Å². The van der Waals surface area contributed by atoms with E-state index in [0.29, 0.717) is 6.04 Å². The summed E-state index contributed by atoms with van der Waals surface area (Å²) in [5.74, 6) is 0. The Morgan fingerprint density at radius 3 is 2.94 bits per heavy atom. The van der Waals surface area contributed by atoms with Crippen LogP contribution in [-0.4, -0.2) is 11.5 Å². The molecule has 1 fully saturated rings. The second kappa shape index (κ2) is 4.35. The zero-order chi connectivity index (χ0) is 11.8. The van der Waals surface area contributed by atoms with E-state index in [1.54, 1.807) is 0 Å². The summed E-state index contributed by atoms with van der Waals surface area (Å²) < 4.78 is 0. The fourth-order valence-electron chi connectivity index (χ4n) is 2.71. The van der Waals surface area contributed by atoms with Gasteiger partial charge in [0, 0.05) is 22.6 Å². The van der Waals surface area contributed by atoms with Gasteiger partial charge in [-0.1, -0.05) is 24.1 Å². The van der Waals surface area contributed by atoms with E-state index in [1.807, 2.05) is 0 Å². The number of rotatable bonds is 1. The molecule has 1 unspecified atom stereocenters. The number of H-pyrrole nitrogens is 1. The fourth-order valence-corrected chi connectivity index (χ4v) is 3.06. The zero-order valence-corrected chi connectivity index (χ0v) is 10.8. The largest absolute Gasteiger partial charge is 0.359 e. The average molecular weight is 249 g/mol. The predicted octanol–water partition coefficient (Wildman–Crippen LogP) is 3.94. The lowest BCUT2D eigenvalue weighted by Gasteiger charge is -2.24. The molecule has 1 atom stereocenters. The monoisotopic (exact) mass is 248 g/mol. The smallest absolute Gasteiger partial charge is 0.0547 e. The number of aromatic amines is 1. The molecule has 0 spiro atoms. The van der Waals surface area contributed by atoms with E-state index in [2.05, 4.69) is 35.4 Å². The van der Waals surface area contributed by atoms with Gasteiger partial charge in [0.2, 0.25) is 0 Å². The van der Waals surface area contributed by atoms with Crippen molar-refractivity contribution in [3.63, 3.8) is 0 Å². The molecule has 2 heterocycles. The van der Waals surface area contributed by atoms with Crippen molar-refractivity contribution in [2.24, 2.45) is 0 Å². The molecule has 90 valence electrons. The Morgan fingerprint density at radius 1 is 1.29 bits per heavy atom. The first-order chi connectivity index (χ1) is 8.25. The average Bonchev–Trinajstić information content (AvgIpc) is 2.72. The van der Waals surface area contributed by atoms with Crippen molar-refractivity contribution in [1.29, 1.82) is 0 Å². The van der Waals surface area contributed by atoms with E-state index < -0.39 is 0 Å². The number of nitrogens with one attached hydrogen (secondary N) is 2. The molecule has 2 nitrogen and oxygen atoms in total. The van der Waals surface area contributed by atoms with Gasteiger partial charge in [-0.3, -0.25) is 0 Å². The van der Waals surface area contributed by atoms with Crippen LogP contribution in [0.25, 0.3) is 10.9 Å². The Bertz CT molecular complexity index is 538. The second-order valence-electron chi connectivity index (χ2n) is 4.88. The van der Waals surface area contributed by atoms with Crippen LogP contribution in [0.4, 0.5) is 0 Å². The minimum atomic E-state index is 0.427. The van der Waals surface area contributed by atoms with Crippen LogP contribution in [0, 0.1) is 6.92 Å². The standard InChI is InChI=1S/C14H17ClN2/c1-9-8-11-13(17-9)6-5-10(14(11)15)12-4-2-3-7-16-12/h5-6,8,12,16-17H,2-4,7H2,1H3. The summed E-state index contributed by atoms with van der Waals surface area (Å²) in [6, 6.07) is 6.85. The molecule has 3 rings (SSSR count). The number of piperidine rings is 1. The van der Waals surface area contributed by atoms with Gasteiger partial charge in [0.1, 0.15) is 0 Å². The van der Waals surface area contributed by atoms with E-state index in [-0.39, 0.29) is 0 Å². The molecule has 17 heavy (non-hydrogen) atoms. The number of hydrogen-bond acceptors (Lipinski definition) is 1. The second-order valence-corrected chi connectivity index (χ2v) is 5.26. The minimum Gasteiger partial charge on any atom is -0.359 e. The van der Waals surface area contributed by atoms with Gasteiger partial charge in [0.25, 0.3) is 0 Å². The number of hydrogen-bond donors (Lipinski definition) is 2. The predicted molar refractivity (Wildman–Crippen MR) is 72.6 cm³/mol. The highest BCUT2D eigenvalue weighted by atomic mass is 35.5. The summed E-state index contributed by atoms with van der Waals surface area (Å²) in [7, 11) is 0. The van der Waals surface area contributed by atoms with Crippen molar-refractivity contribution in [1.82, 2.24) is 10.3 Å². The van der Waals surface area contributed by atoms with Gasteiger partial charge in [-0.15, -0.1) is 0 Å². The van der Waals surface area contributed by atoms with Gasteiger partial charge in [-0.25, -0.2) is 0 Å². The van der Waals surface area contributed by atoms with Gasteiger partial charge < -0.3 is 10.3 Å². The molecule has 2 aromatic rings. The Hall–Kier alpha value is -0.990. The van der Waals surface area contributed by atoms with Crippen LogP contribution in [0.15, 0.2) is 18.2 Å². The quantitative estimate of drug-likeness (QED) is 0.786. The molecule has 0 aliphatic carbocycles. The number of benzene rings is 1. The van der Waals surface area contributed by atoms with E-state index in [1.165, 1.54) is 24.8 Å². The molecule has 1 saturated heterocycles. The minimum absolute atomic E-state index is 0.427. The number of aryl methyl sites for hydroxylation is 1. The third kappa shape index (κ3) is 1.96. The molecule has 1 aromatic heterocycles. The molecule has 0 radical (unpaired) electrons. The maximum Gasteiger partial charge on any atom is 0.0547 e. The molecule has 0 saturated carbocycles. The molecule has 1 aliphatic heterocycles. The van der Waals surface area contributed by atoms with Crippen molar-refractivity contribution < 1.29 is 0 Å². The SMILES string of the molecule is Cc1cc2c(Cl)c(C3CCCCN3)ccc2[nH]1. The van der Waals surface area contributed by atoms with Crippen molar-refractivity contribution in [3.05, 3.63) is 34.5 Å².